The van der Waals surface area contributed by atoms with Gasteiger partial charge in [0.2, 0.25) is 0 Å². The van der Waals surface area contributed by atoms with E-state index in [1.165, 1.54) is 25.7 Å². The van der Waals surface area contributed by atoms with Crippen molar-refractivity contribution in [2.75, 3.05) is 0 Å². The highest BCUT2D eigenvalue weighted by Gasteiger charge is 2.63. The van der Waals surface area contributed by atoms with Crippen LogP contribution in [0.2, 0.25) is 0 Å². The third-order valence-electron chi connectivity index (χ3n) is 16.7. The topological polar surface area (TPSA) is 110 Å². The molecule has 0 aliphatic heterocycles. The minimum absolute atomic E-state index is 0.00646. The fourth-order valence-electron chi connectivity index (χ4n) is 16.2. The summed E-state index contributed by atoms with van der Waals surface area (Å²) in [5, 5.41) is 0. The zero-order valence-electron chi connectivity index (χ0n) is 31.0. The van der Waals surface area contributed by atoms with Gasteiger partial charge in [-0.3, -0.25) is 4.79 Å². The molecule has 2 aromatic carbocycles. The van der Waals surface area contributed by atoms with E-state index >= 15 is 0 Å². The first-order valence-electron chi connectivity index (χ1n) is 20.9. The van der Waals surface area contributed by atoms with Gasteiger partial charge in [-0.2, -0.15) is 0 Å². The van der Waals surface area contributed by atoms with Crippen molar-refractivity contribution in [3.05, 3.63) is 51.7 Å². The molecule has 0 aromatic heterocycles. The molecule has 0 radical (unpaired) electrons. The summed E-state index contributed by atoms with van der Waals surface area (Å²) in [4.78, 5) is 28.9. The Hall–Kier alpha value is -0.520. The number of hydrogen-bond donors (Lipinski definition) is 0. The zero-order chi connectivity index (χ0) is 37.8. The van der Waals surface area contributed by atoms with Gasteiger partial charge in [0.25, 0.3) is 0 Å². The fourth-order valence-corrected chi connectivity index (χ4v) is 19.6. The smallest absolute Gasteiger partial charge is 0.339 e. The minimum atomic E-state index is -4.81. The van der Waals surface area contributed by atoms with E-state index in [1.54, 1.807) is 0 Å². The summed E-state index contributed by atoms with van der Waals surface area (Å²) in [5.74, 6) is 4.19. The number of carbonyl (C=O) groups excluding carboxylic acids is 2. The quantitative estimate of drug-likeness (QED) is 0.0893. The van der Waals surface area contributed by atoms with Crippen molar-refractivity contribution < 1.29 is 32.0 Å². The molecule has 12 aliphatic rings. The van der Waals surface area contributed by atoms with Crippen molar-refractivity contribution in [3.8, 4) is 5.75 Å². The van der Waals surface area contributed by atoms with Crippen LogP contribution in [0.15, 0.2) is 29.2 Å². The van der Waals surface area contributed by atoms with Crippen molar-refractivity contribution in [2.24, 2.45) is 58.7 Å². The van der Waals surface area contributed by atoms with E-state index in [0.29, 0.717) is 70.3 Å². The summed E-state index contributed by atoms with van der Waals surface area (Å²) < 4.78 is 57.3. The van der Waals surface area contributed by atoms with Crippen molar-refractivity contribution in [3.63, 3.8) is 0 Å². The number of benzene rings is 2. The van der Waals surface area contributed by atoms with Crippen LogP contribution in [0.5, 0.6) is 5.75 Å². The number of rotatable bonds is 7. The van der Waals surface area contributed by atoms with Gasteiger partial charge in [-0.05, 0) is 270 Å². The lowest BCUT2D eigenvalue weighted by atomic mass is 9.47. The van der Waals surface area contributed by atoms with Crippen LogP contribution in [-0.2, 0) is 25.1 Å². The van der Waals surface area contributed by atoms with Gasteiger partial charge >= 0.3 is 11.9 Å². The molecule has 12 fully saturated rings. The maximum Gasteiger partial charge on any atom is 0.339 e. The lowest BCUT2D eigenvalue weighted by Crippen LogP contribution is -2.60. The van der Waals surface area contributed by atoms with E-state index in [-0.39, 0.29) is 40.0 Å². The summed E-state index contributed by atoms with van der Waals surface area (Å²) in [6.07, 6.45) is 16.5. The summed E-state index contributed by atoms with van der Waals surface area (Å²) >= 11 is 6.74. The largest absolute Gasteiger partial charge is 0.744 e. The number of ether oxygens (including phenoxy) is 2. The number of hydrogen-bond acceptors (Lipinski definition) is 7. The average Bonchev–Trinajstić information content (AvgIpc) is 3.07. The van der Waals surface area contributed by atoms with Crippen LogP contribution in [0.25, 0.3) is 0 Å². The van der Waals surface area contributed by atoms with E-state index in [0.717, 1.165) is 87.8 Å². The Morgan fingerprint density at radius 1 is 0.691 bits per heavy atom. The number of carbonyl (C=O) groups is 2. The SMILES string of the molecule is O=C(OC12CC3CC(C1)CC(C(=O)Oc1cc(C4C5CC6CC(C5)CC4C6)c(S(=O)(=O)[O-])c(C45CC6CC(CC(C6)C4)C5)c1)(C3)C2)c1cc(I)cc(I)c1I. The molecule has 0 saturated heterocycles. The van der Waals surface area contributed by atoms with Gasteiger partial charge in [0.15, 0.2) is 0 Å². The second kappa shape index (κ2) is 13.0. The van der Waals surface area contributed by atoms with Gasteiger partial charge in [0.05, 0.1) is 15.9 Å². The lowest BCUT2D eigenvalue weighted by Gasteiger charge is -2.59. The molecule has 294 valence electrons. The first-order valence-corrected chi connectivity index (χ1v) is 25.5. The zero-order valence-corrected chi connectivity index (χ0v) is 38.3. The fraction of sp³-hybridized carbons (Fsp3) is 0.682. The Kier molecular flexibility index (Phi) is 8.85. The Labute approximate surface area is 365 Å². The Morgan fingerprint density at radius 2 is 1.25 bits per heavy atom. The first kappa shape index (κ1) is 37.5. The number of halogens is 3. The molecule has 11 heteroatoms. The van der Waals surface area contributed by atoms with Crippen molar-refractivity contribution in [2.45, 2.75) is 131 Å². The van der Waals surface area contributed by atoms with Gasteiger partial charge in [-0.25, -0.2) is 13.2 Å². The summed E-state index contributed by atoms with van der Waals surface area (Å²) in [6.45, 7) is 0. The van der Waals surface area contributed by atoms with Gasteiger partial charge in [-0.15, -0.1) is 0 Å². The second-order valence-electron chi connectivity index (χ2n) is 20.5. The molecule has 14 rings (SSSR count). The van der Waals surface area contributed by atoms with E-state index in [1.807, 2.05) is 18.2 Å². The molecule has 2 atom stereocenters. The molecule has 0 spiro atoms. The average molecular weight is 1100 g/mol. The van der Waals surface area contributed by atoms with Gasteiger partial charge in [-0.1, -0.05) is 0 Å². The molecule has 2 unspecified atom stereocenters. The second-order valence-corrected chi connectivity index (χ2v) is 25.3. The third kappa shape index (κ3) is 6.18. The Morgan fingerprint density at radius 3 is 1.84 bits per heavy atom. The maximum absolute atomic E-state index is 14.9. The molecule has 12 bridgehead atoms. The molecule has 0 N–H and O–H groups in total. The first-order chi connectivity index (χ1) is 26.2. The summed E-state index contributed by atoms with van der Waals surface area (Å²) in [5.41, 5.74) is 0.0582. The monoisotopic (exact) mass is 1100 g/mol. The molecule has 12 saturated carbocycles. The minimum Gasteiger partial charge on any atom is -0.744 e. The van der Waals surface area contributed by atoms with Crippen molar-refractivity contribution in [1.29, 1.82) is 0 Å². The van der Waals surface area contributed by atoms with E-state index in [9.17, 15) is 22.6 Å². The highest BCUT2D eigenvalue weighted by Crippen LogP contribution is 2.66. The summed E-state index contributed by atoms with van der Waals surface area (Å²) in [7, 11) is -4.81. The molecule has 7 nitrogen and oxygen atoms in total. The van der Waals surface area contributed by atoms with Crippen molar-refractivity contribution >= 4 is 89.8 Å². The molecular weight excluding hydrogens is 1050 g/mol. The van der Waals surface area contributed by atoms with E-state index < -0.39 is 21.1 Å². The van der Waals surface area contributed by atoms with Crippen LogP contribution in [0.4, 0.5) is 0 Å². The van der Waals surface area contributed by atoms with Crippen molar-refractivity contribution in [1.82, 2.24) is 0 Å². The molecular formula is C44H48I3O7S-. The molecule has 0 amide bonds. The van der Waals surface area contributed by atoms with E-state index in [4.69, 9.17) is 9.47 Å². The summed E-state index contributed by atoms with van der Waals surface area (Å²) in [6, 6.07) is 7.64. The molecule has 55 heavy (non-hydrogen) atoms. The van der Waals surface area contributed by atoms with Crippen LogP contribution in [0.3, 0.4) is 0 Å². The molecule has 0 heterocycles. The third-order valence-corrected chi connectivity index (χ3v) is 21.3. The highest BCUT2D eigenvalue weighted by molar-refractivity contribution is 14.1. The Bertz CT molecular complexity index is 2050. The van der Waals surface area contributed by atoms with Gasteiger partial charge in [0.1, 0.15) is 21.5 Å². The normalized spacial score (nSPS) is 42.9. The molecule has 12 aliphatic carbocycles. The lowest BCUT2D eigenvalue weighted by molar-refractivity contribution is -0.189. The predicted molar refractivity (Wildman–Crippen MR) is 230 cm³/mol. The van der Waals surface area contributed by atoms with Crippen LogP contribution in [0, 0.1) is 69.4 Å². The standard InChI is InChI=1S/C44H49I3O7S/c45-31-10-34(38(47)36(46)11-31)40(48)54-44-19-27-5-28(20-44)18-43(17-27,21-44)41(49)53-32-12-33(37-29-6-22-1-23(8-29)9-30(37)7-22)39(55(50,51)52)35(13-32)42-14-24-2-25(15-42)4-26(3-24)16-42/h10-13,22-30,37H,1-9,14-21H2,(H,50,51,52)/p-1. The van der Waals surface area contributed by atoms with Crippen LogP contribution in [0.1, 0.15) is 137 Å². The van der Waals surface area contributed by atoms with Gasteiger partial charge < -0.3 is 14.0 Å². The van der Waals surface area contributed by atoms with Crippen LogP contribution < -0.4 is 4.74 Å². The highest BCUT2D eigenvalue weighted by atomic mass is 127. The van der Waals surface area contributed by atoms with Crippen LogP contribution >= 0.6 is 67.8 Å². The molecule has 2 aromatic rings. The predicted octanol–water partition coefficient (Wildman–Crippen LogP) is 10.5. The van der Waals surface area contributed by atoms with Gasteiger partial charge in [0, 0.05) is 17.1 Å². The number of esters is 2. The van der Waals surface area contributed by atoms with Crippen LogP contribution in [-0.4, -0.2) is 30.5 Å². The maximum atomic E-state index is 14.9. The Balaban J connectivity index is 0.976. The van der Waals surface area contributed by atoms with E-state index in [2.05, 4.69) is 73.8 Å².